The number of sulfonamides is 1. The molecule has 0 saturated carbocycles. The average molecular weight is 298 g/mol. The second-order valence-electron chi connectivity index (χ2n) is 5.02. The molecule has 1 aliphatic carbocycles. The molecule has 5 heteroatoms. The molecule has 106 valence electrons. The second kappa shape index (κ2) is 5.32. The molecule has 0 fully saturated rings. The van der Waals surface area contributed by atoms with Crippen molar-refractivity contribution in [3.05, 3.63) is 65.2 Å². The third kappa shape index (κ3) is 2.56. The van der Waals surface area contributed by atoms with Crippen molar-refractivity contribution < 1.29 is 8.42 Å². The molecule has 0 heterocycles. The van der Waals surface area contributed by atoms with E-state index in [9.17, 15) is 8.42 Å². The molecule has 21 heavy (non-hydrogen) atoms. The minimum atomic E-state index is -3.70. The van der Waals surface area contributed by atoms with Crippen LogP contribution in [0.15, 0.2) is 53.4 Å². The molecular weight excluding hydrogens is 284 g/mol. The minimum absolute atomic E-state index is 0.0388. The summed E-state index contributed by atoms with van der Waals surface area (Å²) in [5.41, 5.74) is 2.37. The van der Waals surface area contributed by atoms with Gasteiger partial charge in [0.2, 0.25) is 10.0 Å². The van der Waals surface area contributed by atoms with E-state index < -0.39 is 10.0 Å². The Labute approximate surface area is 124 Å². The smallest absolute Gasteiger partial charge is 0.207 e. The number of hydrogen-bond donors (Lipinski definition) is 1. The minimum Gasteiger partial charge on any atom is -0.207 e. The Bertz CT molecular complexity index is 822. The molecule has 1 N–H and O–H groups in total. The number of rotatable bonds is 3. The zero-order valence-electron chi connectivity index (χ0n) is 11.3. The molecule has 1 atom stereocenters. The molecule has 1 aliphatic rings. The fourth-order valence-corrected chi connectivity index (χ4v) is 4.13. The van der Waals surface area contributed by atoms with E-state index in [1.807, 2.05) is 30.3 Å². The lowest BCUT2D eigenvalue weighted by Gasteiger charge is -2.15. The normalized spacial score (nSPS) is 17.2. The first kappa shape index (κ1) is 13.8. The zero-order valence-corrected chi connectivity index (χ0v) is 12.1. The van der Waals surface area contributed by atoms with E-state index in [4.69, 9.17) is 5.26 Å². The van der Waals surface area contributed by atoms with E-state index in [0.717, 1.165) is 18.4 Å². The number of nitrogens with one attached hydrogen (secondary N) is 1. The fourth-order valence-electron chi connectivity index (χ4n) is 2.72. The Hall–Kier alpha value is -2.16. The van der Waals surface area contributed by atoms with Gasteiger partial charge in [0.25, 0.3) is 0 Å². The molecule has 2 aromatic carbocycles. The lowest BCUT2D eigenvalue weighted by Crippen LogP contribution is -2.28. The van der Waals surface area contributed by atoms with Crippen LogP contribution in [0.5, 0.6) is 0 Å². The van der Waals surface area contributed by atoms with Crippen LogP contribution in [0, 0.1) is 11.3 Å². The zero-order chi connectivity index (χ0) is 14.9. The van der Waals surface area contributed by atoms with Gasteiger partial charge < -0.3 is 0 Å². The maximum atomic E-state index is 12.5. The van der Waals surface area contributed by atoms with Crippen LogP contribution in [-0.2, 0) is 16.4 Å². The second-order valence-corrected chi connectivity index (χ2v) is 6.70. The lowest BCUT2D eigenvalue weighted by molar-refractivity contribution is 0.554. The van der Waals surface area contributed by atoms with Crippen LogP contribution in [0.2, 0.25) is 0 Å². The molecule has 3 rings (SSSR count). The van der Waals surface area contributed by atoms with Crippen molar-refractivity contribution in [2.75, 3.05) is 0 Å². The van der Waals surface area contributed by atoms with Gasteiger partial charge in [0.05, 0.1) is 10.5 Å². The number of nitrogens with zero attached hydrogens (tertiary/aromatic N) is 1. The monoisotopic (exact) mass is 298 g/mol. The summed E-state index contributed by atoms with van der Waals surface area (Å²) in [6.45, 7) is 0. The number of hydrogen-bond acceptors (Lipinski definition) is 3. The van der Waals surface area contributed by atoms with Crippen LogP contribution in [0.3, 0.4) is 0 Å². The van der Waals surface area contributed by atoms with E-state index in [1.54, 1.807) is 12.1 Å². The largest absolute Gasteiger partial charge is 0.242 e. The molecule has 0 spiro atoms. The van der Waals surface area contributed by atoms with Crippen LogP contribution in [-0.4, -0.2) is 8.42 Å². The molecule has 2 aromatic rings. The number of benzene rings is 2. The van der Waals surface area contributed by atoms with Crippen LogP contribution in [0.4, 0.5) is 0 Å². The van der Waals surface area contributed by atoms with E-state index in [0.29, 0.717) is 0 Å². The highest BCUT2D eigenvalue weighted by Crippen LogP contribution is 2.32. The van der Waals surface area contributed by atoms with Crippen molar-refractivity contribution in [3.63, 3.8) is 0 Å². The van der Waals surface area contributed by atoms with E-state index in [1.165, 1.54) is 17.7 Å². The van der Waals surface area contributed by atoms with Crippen molar-refractivity contribution in [1.82, 2.24) is 4.72 Å². The lowest BCUT2D eigenvalue weighted by atomic mass is 10.1. The maximum Gasteiger partial charge on any atom is 0.242 e. The van der Waals surface area contributed by atoms with Crippen LogP contribution in [0.1, 0.15) is 29.2 Å². The standard InChI is InChI=1S/C16H14N2O2S/c17-11-13-6-2-4-8-16(13)21(19,20)18-15-10-9-12-5-1-3-7-14(12)15/h1-8,15,18H,9-10H2/t15-/m0/s1. The Morgan fingerprint density at radius 2 is 1.81 bits per heavy atom. The van der Waals surface area contributed by atoms with Crippen molar-refractivity contribution in [3.8, 4) is 6.07 Å². The SMILES string of the molecule is N#Cc1ccccc1S(=O)(=O)N[C@H]1CCc2ccccc21. The van der Waals surface area contributed by atoms with Gasteiger partial charge in [-0.05, 0) is 36.1 Å². The van der Waals surface area contributed by atoms with Crippen molar-refractivity contribution >= 4 is 10.0 Å². The van der Waals surface area contributed by atoms with Gasteiger partial charge in [-0.25, -0.2) is 13.1 Å². The van der Waals surface area contributed by atoms with Crippen molar-refractivity contribution in [2.45, 2.75) is 23.8 Å². The molecule has 0 unspecified atom stereocenters. The van der Waals surface area contributed by atoms with Crippen LogP contribution < -0.4 is 4.72 Å². The van der Waals surface area contributed by atoms with Gasteiger partial charge in [0.1, 0.15) is 6.07 Å². The molecule has 4 nitrogen and oxygen atoms in total. The van der Waals surface area contributed by atoms with Crippen molar-refractivity contribution in [2.24, 2.45) is 0 Å². The van der Waals surface area contributed by atoms with E-state index in [2.05, 4.69) is 4.72 Å². The Morgan fingerprint density at radius 3 is 2.62 bits per heavy atom. The molecular formula is C16H14N2O2S. The average Bonchev–Trinajstić information content (AvgIpc) is 2.90. The summed E-state index contributed by atoms with van der Waals surface area (Å²) in [6.07, 6.45) is 1.61. The van der Waals surface area contributed by atoms with Gasteiger partial charge in [0, 0.05) is 6.04 Å². The Kier molecular flexibility index (Phi) is 3.50. The third-order valence-corrected chi connectivity index (χ3v) is 5.26. The predicted octanol–water partition coefficient (Wildman–Crippen LogP) is 2.52. The highest BCUT2D eigenvalue weighted by molar-refractivity contribution is 7.89. The first-order valence-corrected chi connectivity index (χ1v) is 8.19. The quantitative estimate of drug-likeness (QED) is 0.946. The highest BCUT2D eigenvalue weighted by atomic mass is 32.2. The van der Waals surface area contributed by atoms with Crippen molar-refractivity contribution in [1.29, 1.82) is 5.26 Å². The predicted molar refractivity (Wildman–Crippen MR) is 79.0 cm³/mol. The number of fused-ring (bicyclic) bond motifs is 1. The Morgan fingerprint density at radius 1 is 1.10 bits per heavy atom. The van der Waals surface area contributed by atoms with Crippen LogP contribution in [0.25, 0.3) is 0 Å². The van der Waals surface area contributed by atoms with Gasteiger partial charge in [-0.1, -0.05) is 36.4 Å². The third-order valence-electron chi connectivity index (χ3n) is 3.73. The summed E-state index contributed by atoms with van der Waals surface area (Å²) in [6, 6.07) is 15.8. The topological polar surface area (TPSA) is 70.0 Å². The summed E-state index contributed by atoms with van der Waals surface area (Å²) in [7, 11) is -3.70. The Balaban J connectivity index is 1.94. The molecule has 0 aromatic heterocycles. The molecule has 0 saturated heterocycles. The van der Waals surface area contributed by atoms with Gasteiger partial charge >= 0.3 is 0 Å². The van der Waals surface area contributed by atoms with Gasteiger partial charge in [0.15, 0.2) is 0 Å². The fraction of sp³-hybridized carbons (Fsp3) is 0.188. The van der Waals surface area contributed by atoms with E-state index >= 15 is 0 Å². The molecule has 0 radical (unpaired) electrons. The summed E-state index contributed by atoms with van der Waals surface area (Å²) in [4.78, 5) is 0.0388. The van der Waals surface area contributed by atoms with Gasteiger partial charge in [-0.2, -0.15) is 5.26 Å². The highest BCUT2D eigenvalue weighted by Gasteiger charge is 2.28. The first-order valence-electron chi connectivity index (χ1n) is 6.71. The molecule has 0 amide bonds. The summed E-state index contributed by atoms with van der Waals surface area (Å²) in [5.74, 6) is 0. The first-order chi connectivity index (χ1) is 10.1. The maximum absolute atomic E-state index is 12.5. The van der Waals surface area contributed by atoms with Gasteiger partial charge in [-0.15, -0.1) is 0 Å². The van der Waals surface area contributed by atoms with E-state index in [-0.39, 0.29) is 16.5 Å². The number of nitriles is 1. The molecule has 0 aliphatic heterocycles. The van der Waals surface area contributed by atoms with Crippen LogP contribution >= 0.6 is 0 Å². The summed E-state index contributed by atoms with van der Waals surface area (Å²) in [5, 5.41) is 9.06. The van der Waals surface area contributed by atoms with Gasteiger partial charge in [-0.3, -0.25) is 0 Å². The summed E-state index contributed by atoms with van der Waals surface area (Å²) < 4.78 is 27.8. The summed E-state index contributed by atoms with van der Waals surface area (Å²) >= 11 is 0. The molecule has 0 bridgehead atoms. The number of aryl methyl sites for hydroxylation is 1.